The second-order valence-corrected chi connectivity index (χ2v) is 14.3. The predicted molar refractivity (Wildman–Crippen MR) is 202 cm³/mol. The smallest absolute Gasteiger partial charge is 0.316 e. The van der Waals surface area contributed by atoms with Crippen LogP contribution in [0.25, 0.3) is 22.3 Å². The lowest BCUT2D eigenvalue weighted by Gasteiger charge is -2.21. The van der Waals surface area contributed by atoms with Crippen LogP contribution >= 0.6 is 93.1 Å². The standard InChI is InChI=1S/C32H22Cl6N2O9S2/c1-3-47-25(41)13-50-31-21(39(43)44)5-7-23(29(31)27-17(35)9-15(33)10-18(27)36)49-24-8-6-22(40(45)46)32(51-14-26(42)48-4-2)30(24)28-19(37)11-16(34)12-20(28)38/h5-12H,3-4,13-14H2,1-2H3. The SMILES string of the molecule is CCOC(=O)CSc1c([N+](=O)[O-])ccc(Oc2ccc([N+](=O)[O-])c(SCC(=O)OCC)c2-c2c(Cl)cc(Cl)cc2Cl)c1-c1c(Cl)cc(Cl)cc1Cl. The normalized spacial score (nSPS) is 10.9. The lowest BCUT2D eigenvalue weighted by Crippen LogP contribution is -2.08. The largest absolute Gasteiger partial charge is 0.465 e. The molecule has 4 rings (SSSR count). The summed E-state index contributed by atoms with van der Waals surface area (Å²) in [6.45, 7) is 3.36. The van der Waals surface area contributed by atoms with Gasteiger partial charge in [-0.15, -0.1) is 23.5 Å². The number of nitro benzene ring substituents is 2. The quantitative estimate of drug-likeness (QED) is 0.0516. The molecule has 0 spiro atoms. The van der Waals surface area contributed by atoms with Gasteiger partial charge >= 0.3 is 11.9 Å². The number of carbonyl (C=O) groups is 2. The summed E-state index contributed by atoms with van der Waals surface area (Å²) in [5.74, 6) is -2.18. The molecule has 0 N–H and O–H groups in total. The lowest BCUT2D eigenvalue weighted by molar-refractivity contribution is -0.387. The number of hydrogen-bond donors (Lipinski definition) is 0. The third kappa shape index (κ3) is 9.65. The molecule has 0 aromatic heterocycles. The van der Waals surface area contributed by atoms with Crippen molar-refractivity contribution < 1.29 is 33.6 Å². The minimum absolute atomic E-state index is 0.0107. The van der Waals surface area contributed by atoms with E-state index in [1.54, 1.807) is 13.8 Å². The molecule has 0 aliphatic rings. The van der Waals surface area contributed by atoms with Gasteiger partial charge in [-0.2, -0.15) is 0 Å². The van der Waals surface area contributed by atoms with Crippen LogP contribution in [0.1, 0.15) is 13.8 Å². The monoisotopic (exact) mass is 852 g/mol. The highest BCUT2D eigenvalue weighted by Gasteiger charge is 2.31. The van der Waals surface area contributed by atoms with E-state index in [4.69, 9.17) is 83.8 Å². The van der Waals surface area contributed by atoms with Crippen LogP contribution in [-0.4, -0.2) is 46.5 Å². The van der Waals surface area contributed by atoms with E-state index in [-0.39, 0.29) is 98.4 Å². The minimum Gasteiger partial charge on any atom is -0.465 e. The molecule has 4 aromatic rings. The van der Waals surface area contributed by atoms with E-state index in [0.29, 0.717) is 0 Å². The van der Waals surface area contributed by atoms with Gasteiger partial charge in [0, 0.05) is 44.4 Å². The molecule has 0 aliphatic heterocycles. The van der Waals surface area contributed by atoms with E-state index in [1.807, 2.05) is 0 Å². The van der Waals surface area contributed by atoms with Gasteiger partial charge in [-0.05, 0) is 50.2 Å². The van der Waals surface area contributed by atoms with Crippen molar-refractivity contribution >= 4 is 116 Å². The molecule has 0 amide bonds. The Hall–Kier alpha value is -3.14. The number of carbonyl (C=O) groups excluding carboxylic acids is 2. The van der Waals surface area contributed by atoms with Crippen LogP contribution in [0.3, 0.4) is 0 Å². The van der Waals surface area contributed by atoms with E-state index in [1.165, 1.54) is 36.4 Å². The number of nitrogens with zero attached hydrogens (tertiary/aromatic N) is 2. The number of esters is 2. The fourth-order valence-corrected chi connectivity index (χ4v) is 8.66. The summed E-state index contributed by atoms with van der Waals surface area (Å²) in [4.78, 5) is 48.1. The van der Waals surface area contributed by atoms with Crippen molar-refractivity contribution in [2.24, 2.45) is 0 Å². The fourth-order valence-electron chi connectivity index (χ4n) is 4.68. The van der Waals surface area contributed by atoms with E-state index >= 15 is 0 Å². The highest BCUT2D eigenvalue weighted by Crippen LogP contribution is 2.54. The van der Waals surface area contributed by atoms with E-state index < -0.39 is 33.2 Å². The third-order valence-corrected chi connectivity index (χ3v) is 10.4. The first kappa shape index (κ1) is 40.6. The maximum absolute atomic E-state index is 12.4. The fraction of sp³-hybridized carbons (Fsp3) is 0.188. The number of benzene rings is 4. The van der Waals surface area contributed by atoms with Crippen molar-refractivity contribution in [3.8, 4) is 33.8 Å². The number of halogens is 6. The summed E-state index contributed by atoms with van der Waals surface area (Å²) in [5.41, 5.74) is -0.738. The third-order valence-electron chi connectivity index (χ3n) is 6.60. The molecule has 0 atom stereocenters. The van der Waals surface area contributed by atoms with Gasteiger partial charge in [0.1, 0.15) is 11.5 Å². The van der Waals surface area contributed by atoms with Crippen molar-refractivity contribution in [3.63, 3.8) is 0 Å². The Balaban J connectivity index is 2.10. The molecule has 268 valence electrons. The number of rotatable bonds is 14. The van der Waals surface area contributed by atoms with Crippen LogP contribution < -0.4 is 4.74 Å². The summed E-state index contributed by atoms with van der Waals surface area (Å²) in [6, 6.07) is 10.3. The van der Waals surface area contributed by atoms with Crippen molar-refractivity contribution in [2.75, 3.05) is 24.7 Å². The summed E-state index contributed by atoms with van der Waals surface area (Å²) < 4.78 is 16.6. The maximum atomic E-state index is 12.4. The Morgan fingerprint density at radius 2 is 0.941 bits per heavy atom. The average Bonchev–Trinajstić information content (AvgIpc) is 3.03. The summed E-state index contributed by atoms with van der Waals surface area (Å²) in [6.07, 6.45) is 0. The van der Waals surface area contributed by atoms with Crippen molar-refractivity contribution in [1.29, 1.82) is 0 Å². The molecule has 19 heteroatoms. The number of nitro groups is 2. The van der Waals surface area contributed by atoms with Crippen LogP contribution in [0.4, 0.5) is 11.4 Å². The van der Waals surface area contributed by atoms with Crippen molar-refractivity contribution in [3.05, 3.63) is 98.9 Å². The molecule has 4 aromatic carbocycles. The predicted octanol–water partition coefficient (Wildman–Crippen LogP) is 11.9. The minimum atomic E-state index is -0.660. The molecule has 0 fully saturated rings. The highest BCUT2D eigenvalue weighted by molar-refractivity contribution is 8.00. The highest BCUT2D eigenvalue weighted by atomic mass is 35.5. The molecular formula is C32H22Cl6N2O9S2. The van der Waals surface area contributed by atoms with Gasteiger partial charge < -0.3 is 14.2 Å². The number of hydrogen-bond acceptors (Lipinski definition) is 11. The molecular weight excluding hydrogens is 833 g/mol. The van der Waals surface area contributed by atoms with Gasteiger partial charge in [0.15, 0.2) is 0 Å². The Morgan fingerprint density at radius 3 is 1.24 bits per heavy atom. The zero-order chi connectivity index (χ0) is 37.6. The molecule has 0 radical (unpaired) electrons. The van der Waals surface area contributed by atoms with Crippen LogP contribution in [0.5, 0.6) is 11.5 Å². The molecule has 51 heavy (non-hydrogen) atoms. The van der Waals surface area contributed by atoms with Crippen LogP contribution in [-0.2, 0) is 19.1 Å². The lowest BCUT2D eigenvalue weighted by atomic mass is 10.0. The zero-order valence-electron chi connectivity index (χ0n) is 26.1. The molecule has 0 unspecified atom stereocenters. The second-order valence-electron chi connectivity index (χ2n) is 9.87. The molecule has 0 bridgehead atoms. The van der Waals surface area contributed by atoms with Crippen LogP contribution in [0.15, 0.2) is 58.3 Å². The summed E-state index contributed by atoms with van der Waals surface area (Å²) in [7, 11) is 0. The van der Waals surface area contributed by atoms with E-state index in [0.717, 1.165) is 35.7 Å². The first-order valence-corrected chi connectivity index (χ1v) is 18.6. The number of thioether (sulfide) groups is 2. The van der Waals surface area contributed by atoms with Crippen LogP contribution in [0.2, 0.25) is 30.1 Å². The molecule has 0 saturated heterocycles. The molecule has 11 nitrogen and oxygen atoms in total. The number of ether oxygens (including phenoxy) is 3. The van der Waals surface area contributed by atoms with Gasteiger partial charge in [0.05, 0.1) is 64.4 Å². The Morgan fingerprint density at radius 1 is 0.608 bits per heavy atom. The van der Waals surface area contributed by atoms with E-state index in [2.05, 4.69) is 0 Å². The van der Waals surface area contributed by atoms with Crippen molar-refractivity contribution in [1.82, 2.24) is 0 Å². The van der Waals surface area contributed by atoms with Crippen LogP contribution in [0, 0.1) is 20.2 Å². The Kier molecular flexibility index (Phi) is 14.4. The molecule has 0 saturated carbocycles. The van der Waals surface area contributed by atoms with Gasteiger partial charge in [-0.1, -0.05) is 69.6 Å². The summed E-state index contributed by atoms with van der Waals surface area (Å²) >= 11 is 40.6. The topological polar surface area (TPSA) is 148 Å². The Labute approximate surface area is 329 Å². The molecule has 0 heterocycles. The van der Waals surface area contributed by atoms with Gasteiger partial charge in [0.2, 0.25) is 0 Å². The second kappa shape index (κ2) is 18.1. The average molecular weight is 855 g/mol. The maximum Gasteiger partial charge on any atom is 0.316 e. The first-order chi connectivity index (χ1) is 24.2. The van der Waals surface area contributed by atoms with Gasteiger partial charge in [0.25, 0.3) is 11.4 Å². The van der Waals surface area contributed by atoms with Gasteiger partial charge in [-0.25, -0.2) is 0 Å². The first-order valence-electron chi connectivity index (χ1n) is 14.4. The molecule has 0 aliphatic carbocycles. The summed E-state index contributed by atoms with van der Waals surface area (Å²) in [5, 5.41) is 24.9. The van der Waals surface area contributed by atoms with Crippen molar-refractivity contribution in [2.45, 2.75) is 23.6 Å². The van der Waals surface area contributed by atoms with Gasteiger partial charge in [-0.3, -0.25) is 29.8 Å². The zero-order valence-corrected chi connectivity index (χ0v) is 32.3. The van der Waals surface area contributed by atoms with E-state index in [9.17, 15) is 29.8 Å². The Bertz CT molecular complexity index is 1860.